The summed E-state index contributed by atoms with van der Waals surface area (Å²) >= 11 is 0. The Morgan fingerprint density at radius 3 is 2.82 bits per heavy atom. The number of unbranched alkanes of at least 4 members (excludes halogenated alkanes) is 3. The van der Waals surface area contributed by atoms with E-state index in [1.54, 1.807) is 0 Å². The van der Waals surface area contributed by atoms with Crippen molar-refractivity contribution in [3.8, 4) is 0 Å². The quantitative estimate of drug-likeness (QED) is 0.556. The number of rotatable bonds is 5. The highest BCUT2D eigenvalue weighted by Gasteiger charge is 2.14. The predicted molar refractivity (Wildman–Crippen MR) is 47.7 cm³/mol. The van der Waals surface area contributed by atoms with Crippen LogP contribution in [0.3, 0.4) is 0 Å². The average Bonchev–Trinajstić information content (AvgIpc) is 2.50. The summed E-state index contributed by atoms with van der Waals surface area (Å²) in [4.78, 5) is 0. The second-order valence-corrected chi connectivity index (χ2v) is 3.58. The zero-order valence-electron chi connectivity index (χ0n) is 7.64. The van der Waals surface area contributed by atoms with E-state index in [0.29, 0.717) is 0 Å². The van der Waals surface area contributed by atoms with Crippen molar-refractivity contribution in [3.63, 3.8) is 0 Å². The summed E-state index contributed by atoms with van der Waals surface area (Å²) in [5.41, 5.74) is 0. The molecular weight excluding hydrogens is 136 g/mol. The Morgan fingerprint density at radius 2 is 2.18 bits per heavy atom. The SMILES string of the molecule is CCCCCCC1CCOC1. The largest absolute Gasteiger partial charge is 0.381 e. The van der Waals surface area contributed by atoms with E-state index in [1.165, 1.54) is 38.5 Å². The summed E-state index contributed by atoms with van der Waals surface area (Å²) in [6.45, 7) is 4.31. The molecule has 0 radical (unpaired) electrons. The normalized spacial score (nSPS) is 24.3. The molecular formula is C10H20O. The van der Waals surface area contributed by atoms with E-state index in [2.05, 4.69) is 6.92 Å². The maximum absolute atomic E-state index is 5.31. The van der Waals surface area contributed by atoms with Crippen molar-refractivity contribution in [3.05, 3.63) is 0 Å². The summed E-state index contributed by atoms with van der Waals surface area (Å²) < 4.78 is 5.31. The molecule has 1 saturated heterocycles. The van der Waals surface area contributed by atoms with Crippen LogP contribution in [0.4, 0.5) is 0 Å². The Balaban J connectivity index is 1.86. The van der Waals surface area contributed by atoms with E-state index in [9.17, 15) is 0 Å². The third-order valence-corrected chi connectivity index (χ3v) is 2.49. The second-order valence-electron chi connectivity index (χ2n) is 3.58. The van der Waals surface area contributed by atoms with Gasteiger partial charge in [0.05, 0.1) is 0 Å². The molecule has 0 aromatic carbocycles. The Bertz CT molecular complexity index is 84.9. The van der Waals surface area contributed by atoms with Crippen molar-refractivity contribution in [2.24, 2.45) is 5.92 Å². The molecule has 1 aliphatic rings. The van der Waals surface area contributed by atoms with Gasteiger partial charge in [-0.15, -0.1) is 0 Å². The molecule has 1 fully saturated rings. The van der Waals surface area contributed by atoms with E-state index in [-0.39, 0.29) is 0 Å². The molecule has 0 aromatic heterocycles. The Labute approximate surface area is 70.1 Å². The van der Waals surface area contributed by atoms with Crippen LogP contribution in [0.1, 0.15) is 45.4 Å². The molecule has 1 rings (SSSR count). The lowest BCUT2D eigenvalue weighted by atomic mass is 10.0. The van der Waals surface area contributed by atoms with Gasteiger partial charge in [0, 0.05) is 13.2 Å². The van der Waals surface area contributed by atoms with Crippen molar-refractivity contribution >= 4 is 0 Å². The van der Waals surface area contributed by atoms with Crippen LogP contribution in [0, 0.1) is 5.92 Å². The summed E-state index contributed by atoms with van der Waals surface area (Å²) in [7, 11) is 0. The zero-order valence-corrected chi connectivity index (χ0v) is 7.64. The molecule has 1 aliphatic heterocycles. The van der Waals surface area contributed by atoms with Crippen LogP contribution in [0.15, 0.2) is 0 Å². The fourth-order valence-corrected chi connectivity index (χ4v) is 1.67. The molecule has 0 amide bonds. The predicted octanol–water partition coefficient (Wildman–Crippen LogP) is 2.99. The van der Waals surface area contributed by atoms with Gasteiger partial charge < -0.3 is 4.74 Å². The Morgan fingerprint density at radius 1 is 1.27 bits per heavy atom. The minimum absolute atomic E-state index is 0.895. The van der Waals surface area contributed by atoms with Crippen LogP contribution in [-0.2, 0) is 4.74 Å². The van der Waals surface area contributed by atoms with Crippen LogP contribution in [0.2, 0.25) is 0 Å². The maximum Gasteiger partial charge on any atom is 0.0495 e. The van der Waals surface area contributed by atoms with Gasteiger partial charge in [0.2, 0.25) is 0 Å². The third kappa shape index (κ3) is 3.76. The summed E-state index contributed by atoms with van der Waals surface area (Å²) in [5.74, 6) is 0.895. The highest BCUT2D eigenvalue weighted by Crippen LogP contribution is 2.19. The summed E-state index contributed by atoms with van der Waals surface area (Å²) in [6, 6.07) is 0. The van der Waals surface area contributed by atoms with E-state index < -0.39 is 0 Å². The molecule has 1 unspecified atom stereocenters. The average molecular weight is 156 g/mol. The van der Waals surface area contributed by atoms with Gasteiger partial charge in [-0.3, -0.25) is 0 Å². The van der Waals surface area contributed by atoms with Crippen LogP contribution in [-0.4, -0.2) is 13.2 Å². The lowest BCUT2D eigenvalue weighted by Gasteiger charge is -2.05. The summed E-state index contributed by atoms with van der Waals surface area (Å²) in [6.07, 6.45) is 8.32. The molecule has 0 aliphatic carbocycles. The number of ether oxygens (including phenoxy) is 1. The maximum atomic E-state index is 5.31. The van der Waals surface area contributed by atoms with Gasteiger partial charge in [-0.2, -0.15) is 0 Å². The standard InChI is InChI=1S/C10H20O/c1-2-3-4-5-6-10-7-8-11-9-10/h10H,2-9H2,1H3. The molecule has 1 nitrogen and oxygen atoms in total. The van der Waals surface area contributed by atoms with Crippen molar-refractivity contribution in [2.45, 2.75) is 45.4 Å². The lowest BCUT2D eigenvalue weighted by molar-refractivity contribution is 0.183. The zero-order chi connectivity index (χ0) is 7.94. The van der Waals surface area contributed by atoms with Crippen LogP contribution >= 0.6 is 0 Å². The van der Waals surface area contributed by atoms with Gasteiger partial charge in [-0.1, -0.05) is 32.6 Å². The summed E-state index contributed by atoms with van der Waals surface area (Å²) in [5, 5.41) is 0. The van der Waals surface area contributed by atoms with Crippen molar-refractivity contribution < 1.29 is 4.74 Å². The van der Waals surface area contributed by atoms with E-state index >= 15 is 0 Å². The van der Waals surface area contributed by atoms with Gasteiger partial charge in [0.1, 0.15) is 0 Å². The molecule has 0 N–H and O–H groups in total. The smallest absolute Gasteiger partial charge is 0.0495 e. The topological polar surface area (TPSA) is 9.23 Å². The number of hydrogen-bond acceptors (Lipinski definition) is 1. The second kappa shape index (κ2) is 5.59. The highest BCUT2D eigenvalue weighted by atomic mass is 16.5. The first-order chi connectivity index (χ1) is 5.43. The first-order valence-electron chi connectivity index (χ1n) is 5.01. The van der Waals surface area contributed by atoms with Crippen LogP contribution < -0.4 is 0 Å². The number of hydrogen-bond donors (Lipinski definition) is 0. The molecule has 1 heterocycles. The first-order valence-corrected chi connectivity index (χ1v) is 5.01. The van der Waals surface area contributed by atoms with Crippen LogP contribution in [0.25, 0.3) is 0 Å². The minimum atomic E-state index is 0.895. The fraction of sp³-hybridized carbons (Fsp3) is 1.00. The van der Waals surface area contributed by atoms with Gasteiger partial charge in [0.25, 0.3) is 0 Å². The lowest BCUT2D eigenvalue weighted by Crippen LogP contribution is -1.98. The molecule has 1 atom stereocenters. The van der Waals surface area contributed by atoms with Crippen molar-refractivity contribution in [1.29, 1.82) is 0 Å². The van der Waals surface area contributed by atoms with Crippen molar-refractivity contribution in [2.75, 3.05) is 13.2 Å². The van der Waals surface area contributed by atoms with E-state index in [4.69, 9.17) is 4.74 Å². The molecule has 11 heavy (non-hydrogen) atoms. The minimum Gasteiger partial charge on any atom is -0.381 e. The Hall–Kier alpha value is -0.0400. The third-order valence-electron chi connectivity index (χ3n) is 2.49. The van der Waals surface area contributed by atoms with Gasteiger partial charge in [0.15, 0.2) is 0 Å². The monoisotopic (exact) mass is 156 g/mol. The fourth-order valence-electron chi connectivity index (χ4n) is 1.67. The molecule has 66 valence electrons. The van der Waals surface area contributed by atoms with Gasteiger partial charge in [-0.05, 0) is 18.8 Å². The molecule has 0 bridgehead atoms. The van der Waals surface area contributed by atoms with Crippen molar-refractivity contribution in [1.82, 2.24) is 0 Å². The van der Waals surface area contributed by atoms with E-state index in [0.717, 1.165) is 19.1 Å². The molecule has 0 spiro atoms. The van der Waals surface area contributed by atoms with E-state index in [1.807, 2.05) is 0 Å². The van der Waals surface area contributed by atoms with Gasteiger partial charge >= 0.3 is 0 Å². The molecule has 0 saturated carbocycles. The van der Waals surface area contributed by atoms with Gasteiger partial charge in [-0.25, -0.2) is 0 Å². The molecule has 0 aromatic rings. The Kier molecular flexibility index (Phi) is 4.60. The highest BCUT2D eigenvalue weighted by molar-refractivity contribution is 4.63. The first kappa shape index (κ1) is 9.05. The molecule has 1 heteroatoms. The van der Waals surface area contributed by atoms with Crippen LogP contribution in [0.5, 0.6) is 0 Å².